The predicted molar refractivity (Wildman–Crippen MR) is 77.9 cm³/mol. The Balaban J connectivity index is 2.01. The van der Waals surface area contributed by atoms with E-state index < -0.39 is 0 Å². The summed E-state index contributed by atoms with van der Waals surface area (Å²) in [4.78, 5) is 26.1. The standard InChI is InChI=1S/C13H16N4O2S/c1-17(2)10(11-4-3-7-20-11)8-14-13(19)9-5-6-12(18)16-15-9/h3-7,10H,8H2,1-2H3,(H,14,19)(H,16,18)/t10-/m0/s1. The smallest absolute Gasteiger partial charge is 0.271 e. The lowest BCUT2D eigenvalue weighted by molar-refractivity contribution is 0.0936. The third-order valence-electron chi connectivity index (χ3n) is 2.86. The summed E-state index contributed by atoms with van der Waals surface area (Å²) >= 11 is 1.65. The molecule has 20 heavy (non-hydrogen) atoms. The quantitative estimate of drug-likeness (QED) is 0.857. The SMILES string of the molecule is CN(C)[C@@H](CNC(=O)c1ccc(=O)[nH]n1)c1cccs1. The molecule has 0 radical (unpaired) electrons. The molecule has 0 aromatic carbocycles. The Hall–Kier alpha value is -1.99. The maximum absolute atomic E-state index is 11.9. The molecular weight excluding hydrogens is 276 g/mol. The molecule has 106 valence electrons. The zero-order valence-electron chi connectivity index (χ0n) is 11.3. The van der Waals surface area contributed by atoms with Gasteiger partial charge in [0, 0.05) is 17.5 Å². The van der Waals surface area contributed by atoms with Crippen molar-refractivity contribution in [2.24, 2.45) is 0 Å². The first-order valence-electron chi connectivity index (χ1n) is 6.11. The van der Waals surface area contributed by atoms with Crippen LogP contribution >= 0.6 is 11.3 Å². The number of hydrogen-bond donors (Lipinski definition) is 2. The molecule has 0 unspecified atom stereocenters. The lowest BCUT2D eigenvalue weighted by Gasteiger charge is -2.23. The molecule has 1 amide bonds. The number of aromatic amines is 1. The van der Waals surface area contributed by atoms with Crippen LogP contribution in [0.25, 0.3) is 0 Å². The van der Waals surface area contributed by atoms with E-state index in [1.54, 1.807) is 11.3 Å². The number of hydrogen-bond acceptors (Lipinski definition) is 5. The van der Waals surface area contributed by atoms with Crippen molar-refractivity contribution in [3.63, 3.8) is 0 Å². The summed E-state index contributed by atoms with van der Waals surface area (Å²) in [5.41, 5.74) is -0.125. The molecule has 0 saturated heterocycles. The molecule has 2 aromatic rings. The van der Waals surface area contributed by atoms with Gasteiger partial charge >= 0.3 is 0 Å². The largest absolute Gasteiger partial charge is 0.349 e. The lowest BCUT2D eigenvalue weighted by atomic mass is 10.2. The fraction of sp³-hybridized carbons (Fsp3) is 0.308. The Morgan fingerprint density at radius 1 is 1.45 bits per heavy atom. The zero-order valence-corrected chi connectivity index (χ0v) is 12.1. The van der Waals surface area contributed by atoms with Gasteiger partial charge in [0.1, 0.15) is 5.69 Å². The second-order valence-corrected chi connectivity index (χ2v) is 5.49. The molecule has 2 rings (SSSR count). The van der Waals surface area contributed by atoms with Crippen LogP contribution in [0.1, 0.15) is 21.4 Å². The second-order valence-electron chi connectivity index (χ2n) is 4.51. The van der Waals surface area contributed by atoms with Crippen LogP contribution in [0, 0.1) is 0 Å². The molecule has 0 bridgehead atoms. The van der Waals surface area contributed by atoms with E-state index in [2.05, 4.69) is 15.5 Å². The summed E-state index contributed by atoms with van der Waals surface area (Å²) in [5.74, 6) is -0.301. The highest BCUT2D eigenvalue weighted by Crippen LogP contribution is 2.22. The van der Waals surface area contributed by atoms with Crippen LogP contribution in [-0.2, 0) is 0 Å². The van der Waals surface area contributed by atoms with Crippen molar-refractivity contribution in [3.8, 4) is 0 Å². The van der Waals surface area contributed by atoms with Gasteiger partial charge < -0.3 is 10.2 Å². The van der Waals surface area contributed by atoms with Crippen molar-refractivity contribution in [1.29, 1.82) is 0 Å². The van der Waals surface area contributed by atoms with Crippen LogP contribution in [0.4, 0.5) is 0 Å². The third kappa shape index (κ3) is 3.52. The average Bonchev–Trinajstić information content (AvgIpc) is 2.93. The Morgan fingerprint density at radius 3 is 2.80 bits per heavy atom. The summed E-state index contributed by atoms with van der Waals surface area (Å²) < 4.78 is 0. The number of nitrogens with zero attached hydrogens (tertiary/aromatic N) is 2. The molecular formula is C13H16N4O2S. The van der Waals surface area contributed by atoms with Gasteiger partial charge in [0.05, 0.1) is 6.04 Å². The molecule has 0 aliphatic heterocycles. The maximum atomic E-state index is 11.9. The van der Waals surface area contributed by atoms with Gasteiger partial charge in [-0.15, -0.1) is 11.3 Å². The van der Waals surface area contributed by atoms with Crippen LogP contribution < -0.4 is 10.9 Å². The van der Waals surface area contributed by atoms with Gasteiger partial charge in [-0.25, -0.2) is 5.10 Å². The minimum absolute atomic E-state index is 0.113. The Bertz CT molecular complexity index is 601. The van der Waals surface area contributed by atoms with Gasteiger partial charge in [-0.1, -0.05) is 6.07 Å². The van der Waals surface area contributed by atoms with Crippen molar-refractivity contribution in [3.05, 3.63) is 50.6 Å². The van der Waals surface area contributed by atoms with E-state index in [4.69, 9.17) is 0 Å². The number of amides is 1. The lowest BCUT2D eigenvalue weighted by Crippen LogP contribution is -2.34. The van der Waals surface area contributed by atoms with Gasteiger partial charge in [-0.3, -0.25) is 9.59 Å². The van der Waals surface area contributed by atoms with Crippen LogP contribution in [-0.4, -0.2) is 41.6 Å². The summed E-state index contributed by atoms with van der Waals surface area (Å²) in [7, 11) is 3.93. The van der Waals surface area contributed by atoms with E-state index in [0.29, 0.717) is 6.54 Å². The predicted octanol–water partition coefficient (Wildman–Crippen LogP) is 0.864. The highest BCUT2D eigenvalue weighted by Gasteiger charge is 2.17. The van der Waals surface area contributed by atoms with E-state index in [0.717, 1.165) is 0 Å². The second kappa shape index (κ2) is 6.44. The number of rotatable bonds is 5. The normalized spacial score (nSPS) is 12.3. The van der Waals surface area contributed by atoms with Crippen molar-refractivity contribution in [1.82, 2.24) is 20.4 Å². The Labute approximate surface area is 120 Å². The minimum atomic E-state index is -0.327. The molecule has 2 N–H and O–H groups in total. The minimum Gasteiger partial charge on any atom is -0.349 e. The van der Waals surface area contributed by atoms with E-state index in [9.17, 15) is 9.59 Å². The molecule has 0 aliphatic rings. The highest BCUT2D eigenvalue weighted by atomic mass is 32.1. The number of likely N-dealkylation sites (N-methyl/N-ethyl adjacent to an activating group) is 1. The summed E-state index contributed by atoms with van der Waals surface area (Å²) in [5, 5.41) is 10.8. The summed E-state index contributed by atoms with van der Waals surface area (Å²) in [6.07, 6.45) is 0. The average molecular weight is 292 g/mol. The number of aromatic nitrogens is 2. The number of H-pyrrole nitrogens is 1. The number of carbonyl (C=O) groups excluding carboxylic acids is 1. The third-order valence-corrected chi connectivity index (χ3v) is 3.84. The molecule has 0 fully saturated rings. The Morgan fingerprint density at radius 2 is 2.25 bits per heavy atom. The van der Waals surface area contributed by atoms with Gasteiger partial charge in [0.15, 0.2) is 0 Å². The topological polar surface area (TPSA) is 78.1 Å². The molecule has 2 heterocycles. The van der Waals surface area contributed by atoms with Crippen LogP contribution in [0.5, 0.6) is 0 Å². The van der Waals surface area contributed by atoms with E-state index in [1.807, 2.05) is 36.5 Å². The first kappa shape index (κ1) is 14.4. The van der Waals surface area contributed by atoms with Crippen LogP contribution in [0.3, 0.4) is 0 Å². The van der Waals surface area contributed by atoms with Gasteiger partial charge in [0.2, 0.25) is 0 Å². The molecule has 6 nitrogen and oxygen atoms in total. The van der Waals surface area contributed by atoms with Gasteiger partial charge in [0.25, 0.3) is 11.5 Å². The van der Waals surface area contributed by atoms with Gasteiger partial charge in [-0.2, -0.15) is 5.10 Å². The number of thiophene rings is 1. The Kier molecular flexibility index (Phi) is 4.65. The van der Waals surface area contributed by atoms with E-state index in [-0.39, 0.29) is 23.2 Å². The first-order chi connectivity index (χ1) is 9.58. The highest BCUT2D eigenvalue weighted by molar-refractivity contribution is 7.10. The summed E-state index contributed by atoms with van der Waals surface area (Å²) in [6.45, 7) is 0.479. The monoisotopic (exact) mass is 292 g/mol. The van der Waals surface area contributed by atoms with E-state index >= 15 is 0 Å². The van der Waals surface area contributed by atoms with E-state index in [1.165, 1.54) is 17.0 Å². The molecule has 0 aliphatic carbocycles. The molecule has 0 spiro atoms. The van der Waals surface area contributed by atoms with Gasteiger partial charge in [-0.05, 0) is 31.6 Å². The number of carbonyl (C=O) groups is 1. The fourth-order valence-electron chi connectivity index (χ4n) is 1.77. The zero-order chi connectivity index (χ0) is 14.5. The van der Waals surface area contributed by atoms with Crippen molar-refractivity contribution in [2.45, 2.75) is 6.04 Å². The molecule has 7 heteroatoms. The van der Waals surface area contributed by atoms with Crippen molar-refractivity contribution < 1.29 is 4.79 Å². The first-order valence-corrected chi connectivity index (χ1v) is 6.99. The molecule has 0 saturated carbocycles. The fourth-order valence-corrected chi connectivity index (χ4v) is 2.69. The maximum Gasteiger partial charge on any atom is 0.271 e. The molecule has 1 atom stereocenters. The molecule has 2 aromatic heterocycles. The summed E-state index contributed by atoms with van der Waals surface area (Å²) in [6, 6.07) is 6.83. The van der Waals surface area contributed by atoms with Crippen molar-refractivity contribution in [2.75, 3.05) is 20.6 Å². The van der Waals surface area contributed by atoms with Crippen LogP contribution in [0.15, 0.2) is 34.4 Å². The number of nitrogens with one attached hydrogen (secondary N) is 2. The van der Waals surface area contributed by atoms with Crippen molar-refractivity contribution >= 4 is 17.2 Å². The van der Waals surface area contributed by atoms with Crippen LogP contribution in [0.2, 0.25) is 0 Å².